The topological polar surface area (TPSA) is 92.5 Å². The van der Waals surface area contributed by atoms with Crippen LogP contribution in [-0.2, 0) is 14.8 Å². The zero-order chi connectivity index (χ0) is 20.1. The Bertz CT molecular complexity index is 1020. The molecular weight excluding hydrogens is 374 g/mol. The van der Waals surface area contributed by atoms with Crippen molar-refractivity contribution in [3.63, 3.8) is 0 Å². The monoisotopic (exact) mass is 395 g/mol. The van der Waals surface area contributed by atoms with Gasteiger partial charge in [-0.25, -0.2) is 8.42 Å². The van der Waals surface area contributed by atoms with Crippen molar-refractivity contribution < 1.29 is 13.2 Å². The molecule has 0 saturated carbocycles. The summed E-state index contributed by atoms with van der Waals surface area (Å²) in [6, 6.07) is 24.7. The van der Waals surface area contributed by atoms with Crippen LogP contribution in [0.4, 0.5) is 17.1 Å². The van der Waals surface area contributed by atoms with E-state index in [0.717, 1.165) is 17.6 Å². The Morgan fingerprint density at radius 3 is 1.89 bits per heavy atom. The third-order valence-corrected chi connectivity index (χ3v) is 4.71. The summed E-state index contributed by atoms with van der Waals surface area (Å²) in [6.07, 6.45) is 1.07. The summed E-state index contributed by atoms with van der Waals surface area (Å²) < 4.78 is 25.6. The Morgan fingerprint density at radius 1 is 0.893 bits per heavy atom. The molecule has 0 fully saturated rings. The van der Waals surface area contributed by atoms with Gasteiger partial charge in [-0.1, -0.05) is 48.5 Å². The molecule has 0 spiro atoms. The molecule has 1 atom stereocenters. The molecule has 1 amide bonds. The first-order chi connectivity index (χ1) is 13.3. The molecule has 7 heteroatoms. The molecule has 0 aliphatic carbocycles. The highest BCUT2D eigenvalue weighted by atomic mass is 32.2. The quantitative estimate of drug-likeness (QED) is 0.641. The minimum Gasteiger partial charge on any atom is -0.368 e. The van der Waals surface area contributed by atoms with Crippen LogP contribution in [0.25, 0.3) is 0 Å². The van der Waals surface area contributed by atoms with Crippen LogP contribution in [-0.4, -0.2) is 20.6 Å². The van der Waals surface area contributed by atoms with E-state index in [2.05, 4.69) is 4.72 Å². The molecule has 0 saturated heterocycles. The fraction of sp³-hybridized carbons (Fsp3) is 0.0952. The number of amides is 1. The first-order valence-corrected chi connectivity index (χ1v) is 10.5. The molecule has 0 bridgehead atoms. The van der Waals surface area contributed by atoms with Gasteiger partial charge in [-0.3, -0.25) is 9.52 Å². The van der Waals surface area contributed by atoms with Crippen LogP contribution in [0.1, 0.15) is 11.6 Å². The lowest BCUT2D eigenvalue weighted by molar-refractivity contribution is -0.119. The summed E-state index contributed by atoms with van der Waals surface area (Å²) in [5.41, 5.74) is 8.33. The average Bonchev–Trinajstić information content (AvgIpc) is 2.66. The van der Waals surface area contributed by atoms with E-state index in [1.165, 1.54) is 0 Å². The maximum atomic E-state index is 12.5. The van der Waals surface area contributed by atoms with Gasteiger partial charge in [0.1, 0.15) is 6.04 Å². The van der Waals surface area contributed by atoms with Gasteiger partial charge >= 0.3 is 0 Å². The highest BCUT2D eigenvalue weighted by Gasteiger charge is 2.28. The number of nitrogens with two attached hydrogens (primary N) is 1. The normalized spacial score (nSPS) is 12.2. The fourth-order valence-electron chi connectivity index (χ4n) is 3.05. The molecule has 3 N–H and O–H groups in total. The van der Waals surface area contributed by atoms with Gasteiger partial charge in [-0.05, 0) is 42.0 Å². The van der Waals surface area contributed by atoms with Crippen LogP contribution in [0.5, 0.6) is 0 Å². The molecule has 3 aromatic rings. The van der Waals surface area contributed by atoms with E-state index in [1.54, 1.807) is 24.3 Å². The number of benzene rings is 3. The summed E-state index contributed by atoms with van der Waals surface area (Å²) >= 11 is 0. The lowest BCUT2D eigenvalue weighted by atomic mass is 10.0. The molecule has 0 aromatic heterocycles. The summed E-state index contributed by atoms with van der Waals surface area (Å²) in [5, 5.41) is 0. The van der Waals surface area contributed by atoms with Gasteiger partial charge in [0.25, 0.3) is 0 Å². The number of primary amides is 1. The Kier molecular flexibility index (Phi) is 5.65. The maximum Gasteiger partial charge on any atom is 0.245 e. The van der Waals surface area contributed by atoms with Gasteiger partial charge in [0, 0.05) is 17.1 Å². The van der Waals surface area contributed by atoms with Gasteiger partial charge in [-0.2, -0.15) is 0 Å². The largest absolute Gasteiger partial charge is 0.368 e. The van der Waals surface area contributed by atoms with Crippen molar-refractivity contribution in [3.8, 4) is 0 Å². The number of carbonyl (C=O) groups is 1. The van der Waals surface area contributed by atoms with Crippen LogP contribution >= 0.6 is 0 Å². The van der Waals surface area contributed by atoms with Crippen molar-refractivity contribution in [2.75, 3.05) is 15.9 Å². The molecule has 0 aliphatic heterocycles. The lowest BCUT2D eigenvalue weighted by Gasteiger charge is -2.32. The SMILES string of the molecule is CS(=O)(=O)Nc1cccc(C(C(N)=O)N(c2ccccc2)c2ccccc2)c1. The smallest absolute Gasteiger partial charge is 0.245 e. The van der Waals surface area contributed by atoms with Crippen molar-refractivity contribution in [2.45, 2.75) is 6.04 Å². The van der Waals surface area contributed by atoms with E-state index in [9.17, 15) is 13.2 Å². The highest BCUT2D eigenvalue weighted by Crippen LogP contribution is 2.35. The van der Waals surface area contributed by atoms with E-state index in [1.807, 2.05) is 65.6 Å². The second kappa shape index (κ2) is 8.14. The van der Waals surface area contributed by atoms with Crippen molar-refractivity contribution in [1.29, 1.82) is 0 Å². The second-order valence-electron chi connectivity index (χ2n) is 6.35. The minimum absolute atomic E-state index is 0.368. The molecule has 3 rings (SSSR count). The van der Waals surface area contributed by atoms with Crippen molar-refractivity contribution in [2.24, 2.45) is 5.73 Å². The highest BCUT2D eigenvalue weighted by molar-refractivity contribution is 7.92. The van der Waals surface area contributed by atoms with E-state index in [4.69, 9.17) is 5.73 Å². The molecule has 0 aliphatic rings. The standard InChI is InChI=1S/C21H21N3O3S/c1-28(26,27)23-17-10-8-9-16(15-17)20(21(22)25)24(18-11-4-2-5-12-18)19-13-6-3-7-14-19/h2-15,20,23H,1H3,(H2,22,25). The number of nitrogens with one attached hydrogen (secondary N) is 1. The molecule has 0 heterocycles. The maximum absolute atomic E-state index is 12.5. The van der Waals surface area contributed by atoms with Gasteiger partial charge in [0.15, 0.2) is 0 Å². The van der Waals surface area contributed by atoms with E-state index >= 15 is 0 Å². The van der Waals surface area contributed by atoms with Crippen LogP contribution < -0.4 is 15.4 Å². The number of rotatable bonds is 7. The zero-order valence-electron chi connectivity index (χ0n) is 15.3. The predicted octanol–water partition coefficient (Wildman–Crippen LogP) is 3.42. The Hall–Kier alpha value is -3.32. The van der Waals surface area contributed by atoms with Crippen molar-refractivity contribution in [1.82, 2.24) is 0 Å². The molecule has 3 aromatic carbocycles. The number of anilines is 3. The number of nitrogens with zero attached hydrogens (tertiary/aromatic N) is 1. The molecule has 6 nitrogen and oxygen atoms in total. The van der Waals surface area contributed by atoms with Crippen LogP contribution in [0.15, 0.2) is 84.9 Å². The van der Waals surface area contributed by atoms with E-state index < -0.39 is 22.0 Å². The molecule has 28 heavy (non-hydrogen) atoms. The Labute approximate surface area is 164 Å². The summed E-state index contributed by atoms with van der Waals surface area (Å²) in [7, 11) is -3.44. The third-order valence-electron chi connectivity index (χ3n) is 4.10. The van der Waals surface area contributed by atoms with Crippen molar-refractivity contribution >= 4 is 33.0 Å². The number of hydrogen-bond acceptors (Lipinski definition) is 4. The first kappa shape index (κ1) is 19.4. The zero-order valence-corrected chi connectivity index (χ0v) is 16.1. The predicted molar refractivity (Wildman–Crippen MR) is 112 cm³/mol. The second-order valence-corrected chi connectivity index (χ2v) is 8.09. The number of sulfonamides is 1. The van der Waals surface area contributed by atoms with Crippen molar-refractivity contribution in [3.05, 3.63) is 90.5 Å². The van der Waals surface area contributed by atoms with Gasteiger partial charge in [0.05, 0.1) is 6.26 Å². The minimum atomic E-state index is -3.44. The van der Waals surface area contributed by atoms with Gasteiger partial charge in [-0.15, -0.1) is 0 Å². The molecule has 0 radical (unpaired) electrons. The van der Waals surface area contributed by atoms with Gasteiger partial charge in [0.2, 0.25) is 15.9 Å². The Balaban J connectivity index is 2.13. The molecule has 1 unspecified atom stereocenters. The molecule has 144 valence electrons. The van der Waals surface area contributed by atoms with Crippen LogP contribution in [0.3, 0.4) is 0 Å². The summed E-state index contributed by atoms with van der Waals surface area (Å²) in [6.45, 7) is 0. The van der Waals surface area contributed by atoms with Gasteiger partial charge < -0.3 is 10.6 Å². The number of para-hydroxylation sites is 2. The van der Waals surface area contributed by atoms with E-state index in [-0.39, 0.29) is 0 Å². The average molecular weight is 395 g/mol. The fourth-order valence-corrected chi connectivity index (χ4v) is 3.61. The number of hydrogen-bond donors (Lipinski definition) is 2. The Morgan fingerprint density at radius 2 is 1.43 bits per heavy atom. The van der Waals surface area contributed by atoms with E-state index in [0.29, 0.717) is 11.3 Å². The number of carbonyl (C=O) groups excluding carboxylic acids is 1. The summed E-state index contributed by atoms with van der Waals surface area (Å²) in [4.78, 5) is 14.4. The van der Waals surface area contributed by atoms with Crippen LogP contribution in [0, 0.1) is 0 Å². The molecular formula is C21H21N3O3S. The summed E-state index contributed by atoms with van der Waals surface area (Å²) in [5.74, 6) is -0.552. The lowest BCUT2D eigenvalue weighted by Crippen LogP contribution is -2.35. The first-order valence-electron chi connectivity index (χ1n) is 8.61. The van der Waals surface area contributed by atoms with Crippen LogP contribution in [0.2, 0.25) is 0 Å². The third kappa shape index (κ3) is 4.69.